The summed E-state index contributed by atoms with van der Waals surface area (Å²) in [6.07, 6.45) is 5.30. The Kier molecular flexibility index (Phi) is 2.73. The van der Waals surface area contributed by atoms with Crippen molar-refractivity contribution in [3.8, 4) is 5.69 Å². The van der Waals surface area contributed by atoms with Gasteiger partial charge in [0.1, 0.15) is 0 Å². The molecule has 1 amide bonds. The molecule has 2 aromatic rings. The van der Waals surface area contributed by atoms with Gasteiger partial charge in [-0.05, 0) is 12.1 Å². The van der Waals surface area contributed by atoms with Crippen LogP contribution in [0, 0.1) is 0 Å². The van der Waals surface area contributed by atoms with Gasteiger partial charge in [0, 0.05) is 24.7 Å². The van der Waals surface area contributed by atoms with E-state index in [9.17, 15) is 4.79 Å². The topological polar surface area (TPSA) is 47.2 Å². The molecule has 2 rings (SSSR count). The average molecular weight is 219 g/mol. The molecule has 0 aliphatic heterocycles. The van der Waals surface area contributed by atoms with Crippen LogP contribution in [-0.2, 0) is 4.79 Å². The summed E-state index contributed by atoms with van der Waals surface area (Å²) < 4.78 is 1.83. The van der Waals surface area contributed by atoms with Crippen molar-refractivity contribution >= 4 is 17.2 Å². The number of rotatable bonds is 1. The first-order valence-electron chi connectivity index (χ1n) is 4.39. The van der Waals surface area contributed by atoms with Crippen LogP contribution >= 0.6 is 11.3 Å². The van der Waals surface area contributed by atoms with E-state index in [1.165, 1.54) is 18.3 Å². The van der Waals surface area contributed by atoms with E-state index in [1.807, 2.05) is 28.3 Å². The molecule has 0 aliphatic rings. The molecule has 0 N–H and O–H groups in total. The summed E-state index contributed by atoms with van der Waals surface area (Å²) in [6.45, 7) is 1.44. The Morgan fingerprint density at radius 1 is 1.60 bits per heavy atom. The highest BCUT2D eigenvalue weighted by Gasteiger charge is 1.98. The van der Waals surface area contributed by atoms with Crippen LogP contribution < -0.4 is 4.80 Å². The van der Waals surface area contributed by atoms with Crippen LogP contribution in [0.2, 0.25) is 0 Å². The van der Waals surface area contributed by atoms with Gasteiger partial charge in [-0.25, -0.2) is 0 Å². The maximum atomic E-state index is 10.9. The molecule has 2 heterocycles. The van der Waals surface area contributed by atoms with E-state index in [4.69, 9.17) is 0 Å². The van der Waals surface area contributed by atoms with Crippen molar-refractivity contribution in [3.63, 3.8) is 0 Å². The smallest absolute Gasteiger partial charge is 0.245 e. The minimum Gasteiger partial charge on any atom is -0.291 e. The van der Waals surface area contributed by atoms with Crippen molar-refractivity contribution < 1.29 is 4.79 Å². The molecule has 0 bridgehead atoms. The van der Waals surface area contributed by atoms with Gasteiger partial charge in [-0.2, -0.15) is 4.99 Å². The molecule has 2 aromatic heterocycles. The van der Waals surface area contributed by atoms with Gasteiger partial charge in [0.25, 0.3) is 0 Å². The van der Waals surface area contributed by atoms with Crippen molar-refractivity contribution in [2.45, 2.75) is 6.92 Å². The van der Waals surface area contributed by atoms with Crippen molar-refractivity contribution in [1.82, 2.24) is 9.55 Å². The molecule has 76 valence electrons. The largest absolute Gasteiger partial charge is 0.291 e. The van der Waals surface area contributed by atoms with Crippen LogP contribution in [0.4, 0.5) is 0 Å². The fourth-order valence-electron chi connectivity index (χ4n) is 1.18. The van der Waals surface area contributed by atoms with Crippen LogP contribution in [0.3, 0.4) is 0 Å². The third-order valence-corrected chi connectivity index (χ3v) is 2.52. The first-order valence-corrected chi connectivity index (χ1v) is 5.27. The van der Waals surface area contributed by atoms with Gasteiger partial charge in [0.2, 0.25) is 5.91 Å². The van der Waals surface area contributed by atoms with Gasteiger partial charge >= 0.3 is 0 Å². The molecular weight excluding hydrogens is 210 g/mol. The van der Waals surface area contributed by atoms with E-state index in [-0.39, 0.29) is 5.91 Å². The Hall–Kier alpha value is -1.75. The van der Waals surface area contributed by atoms with Crippen molar-refractivity contribution in [3.05, 3.63) is 40.9 Å². The molecule has 0 atom stereocenters. The number of aromatic nitrogens is 2. The summed E-state index contributed by atoms with van der Waals surface area (Å²) >= 11 is 1.42. The third kappa shape index (κ3) is 2.19. The van der Waals surface area contributed by atoms with E-state index < -0.39 is 0 Å². The third-order valence-electron chi connectivity index (χ3n) is 1.77. The zero-order valence-corrected chi connectivity index (χ0v) is 8.94. The Morgan fingerprint density at radius 2 is 2.47 bits per heavy atom. The van der Waals surface area contributed by atoms with E-state index in [1.54, 1.807) is 12.4 Å². The van der Waals surface area contributed by atoms with Gasteiger partial charge in [0.05, 0.1) is 11.9 Å². The maximum absolute atomic E-state index is 10.9. The quantitative estimate of drug-likeness (QED) is 0.727. The zero-order chi connectivity index (χ0) is 10.7. The summed E-state index contributed by atoms with van der Waals surface area (Å²) in [4.78, 5) is 19.5. The van der Waals surface area contributed by atoms with Crippen LogP contribution in [0.1, 0.15) is 6.92 Å². The molecule has 0 saturated carbocycles. The SMILES string of the molecule is CC(=O)N=c1sccn1-c1cccnc1. The molecule has 5 heteroatoms. The lowest BCUT2D eigenvalue weighted by molar-refractivity contribution is -0.116. The molecule has 0 spiro atoms. The van der Waals surface area contributed by atoms with Gasteiger partial charge in [0.15, 0.2) is 4.80 Å². The van der Waals surface area contributed by atoms with Crippen LogP contribution in [-0.4, -0.2) is 15.5 Å². The second-order valence-corrected chi connectivity index (χ2v) is 3.77. The fourth-order valence-corrected chi connectivity index (χ4v) is 1.95. The fraction of sp³-hybridized carbons (Fsp3) is 0.100. The average Bonchev–Trinajstić information content (AvgIpc) is 2.66. The van der Waals surface area contributed by atoms with Gasteiger partial charge < -0.3 is 0 Å². The second kappa shape index (κ2) is 4.18. The van der Waals surface area contributed by atoms with Gasteiger partial charge in [-0.15, -0.1) is 11.3 Å². The molecule has 0 radical (unpaired) electrons. The highest BCUT2D eigenvalue weighted by atomic mass is 32.1. The summed E-state index contributed by atoms with van der Waals surface area (Å²) in [5, 5.41) is 1.88. The number of carbonyl (C=O) groups excluding carboxylic acids is 1. The molecule has 0 aliphatic carbocycles. The summed E-state index contributed by atoms with van der Waals surface area (Å²) in [6, 6.07) is 3.76. The molecule has 0 fully saturated rings. The van der Waals surface area contributed by atoms with Crippen LogP contribution in [0.15, 0.2) is 41.1 Å². The first-order chi connectivity index (χ1) is 7.27. The Morgan fingerprint density at radius 3 is 3.13 bits per heavy atom. The second-order valence-electron chi connectivity index (χ2n) is 2.90. The number of amides is 1. The standard InChI is InChI=1S/C10H9N3OS/c1-8(14)12-10-13(5-6-15-10)9-3-2-4-11-7-9/h2-7H,1H3. The molecule has 0 saturated heterocycles. The maximum Gasteiger partial charge on any atom is 0.245 e. The Bertz CT molecular complexity index is 527. The number of hydrogen-bond donors (Lipinski definition) is 0. The first kappa shape index (κ1) is 9.79. The van der Waals surface area contributed by atoms with Crippen molar-refractivity contribution in [2.24, 2.45) is 4.99 Å². The lowest BCUT2D eigenvalue weighted by atomic mass is 10.4. The monoisotopic (exact) mass is 219 g/mol. The van der Waals surface area contributed by atoms with E-state index >= 15 is 0 Å². The highest BCUT2D eigenvalue weighted by Crippen LogP contribution is 2.03. The van der Waals surface area contributed by atoms with Gasteiger partial charge in [-0.3, -0.25) is 14.3 Å². The summed E-state index contributed by atoms with van der Waals surface area (Å²) in [7, 11) is 0. The van der Waals surface area contributed by atoms with Crippen LogP contribution in [0.25, 0.3) is 5.69 Å². The minimum atomic E-state index is -0.199. The highest BCUT2D eigenvalue weighted by molar-refractivity contribution is 7.07. The Balaban J connectivity index is 2.56. The molecule has 4 nitrogen and oxygen atoms in total. The predicted molar refractivity (Wildman–Crippen MR) is 57.7 cm³/mol. The summed E-state index contributed by atoms with van der Waals surface area (Å²) in [5.41, 5.74) is 0.902. The van der Waals surface area contributed by atoms with E-state index in [0.717, 1.165) is 5.69 Å². The molecule has 15 heavy (non-hydrogen) atoms. The van der Waals surface area contributed by atoms with E-state index in [2.05, 4.69) is 9.98 Å². The zero-order valence-electron chi connectivity index (χ0n) is 8.12. The Labute approximate surface area is 90.6 Å². The van der Waals surface area contributed by atoms with E-state index in [0.29, 0.717) is 4.80 Å². The normalized spacial score (nSPS) is 11.7. The number of pyridine rings is 1. The predicted octanol–water partition coefficient (Wildman–Crippen LogP) is 1.38. The lowest BCUT2D eigenvalue weighted by Gasteiger charge is -1.99. The van der Waals surface area contributed by atoms with Crippen molar-refractivity contribution in [1.29, 1.82) is 0 Å². The van der Waals surface area contributed by atoms with Crippen molar-refractivity contribution in [2.75, 3.05) is 0 Å². The number of hydrogen-bond acceptors (Lipinski definition) is 3. The number of nitrogens with zero attached hydrogens (tertiary/aromatic N) is 3. The lowest BCUT2D eigenvalue weighted by Crippen LogP contribution is -2.13. The minimum absolute atomic E-state index is 0.199. The van der Waals surface area contributed by atoms with Gasteiger partial charge in [-0.1, -0.05) is 0 Å². The molecular formula is C10H9N3OS. The molecule has 0 aromatic carbocycles. The molecule has 0 unspecified atom stereocenters. The number of thiazole rings is 1. The number of carbonyl (C=O) groups is 1. The summed E-state index contributed by atoms with van der Waals surface area (Å²) in [5.74, 6) is -0.199. The van der Waals surface area contributed by atoms with Crippen LogP contribution in [0.5, 0.6) is 0 Å².